The number of rotatable bonds is 7. The van der Waals surface area contributed by atoms with Crippen LogP contribution in [0.4, 0.5) is 5.69 Å². The van der Waals surface area contributed by atoms with Gasteiger partial charge in [0.1, 0.15) is 6.61 Å². The van der Waals surface area contributed by atoms with E-state index in [2.05, 4.69) is 0 Å². The molecule has 0 aliphatic carbocycles. The zero-order chi connectivity index (χ0) is 16.8. The van der Waals surface area contributed by atoms with E-state index in [-0.39, 0.29) is 24.4 Å². The first-order chi connectivity index (χ1) is 11.0. The molecule has 0 unspecified atom stereocenters. The molecule has 0 saturated heterocycles. The summed E-state index contributed by atoms with van der Waals surface area (Å²) < 4.78 is 12.3. The largest absolute Gasteiger partial charge is 0.490 e. The van der Waals surface area contributed by atoms with Crippen LogP contribution >= 0.6 is 0 Å². The molecule has 0 atom stereocenters. The summed E-state index contributed by atoms with van der Waals surface area (Å²) in [7, 11) is 0. The van der Waals surface area contributed by atoms with Crippen molar-refractivity contribution in [2.45, 2.75) is 20.4 Å². The summed E-state index contributed by atoms with van der Waals surface area (Å²) in [6.07, 6.45) is 1.25. The Balaban J connectivity index is 2.09. The number of aromatic nitrogens is 1. The zero-order valence-electron chi connectivity index (χ0n) is 13.0. The van der Waals surface area contributed by atoms with Crippen LogP contribution in [-0.2, 0) is 6.54 Å². The molecule has 0 radical (unpaired) electrons. The van der Waals surface area contributed by atoms with Crippen molar-refractivity contribution in [3.8, 4) is 11.5 Å². The Morgan fingerprint density at radius 1 is 1.22 bits per heavy atom. The van der Waals surface area contributed by atoms with E-state index >= 15 is 0 Å². The van der Waals surface area contributed by atoms with Gasteiger partial charge in [-0.15, -0.1) is 0 Å². The molecular weight excluding hydrogens is 300 g/mol. The van der Waals surface area contributed by atoms with Crippen LogP contribution in [0, 0.1) is 17.0 Å². The van der Waals surface area contributed by atoms with Gasteiger partial charge in [0.2, 0.25) is 0 Å². The molecule has 2 aromatic rings. The summed E-state index contributed by atoms with van der Waals surface area (Å²) in [6, 6.07) is 8.48. The molecule has 0 saturated carbocycles. The number of benzene rings is 1. The number of ether oxygens (including phenoxy) is 2. The summed E-state index contributed by atoms with van der Waals surface area (Å²) in [5, 5.41) is 10.9. The number of nitro groups is 1. The van der Waals surface area contributed by atoms with Gasteiger partial charge in [-0.25, -0.2) is 0 Å². The van der Waals surface area contributed by atoms with Gasteiger partial charge < -0.3 is 14.0 Å². The molecule has 0 spiro atoms. The fourth-order valence-corrected chi connectivity index (χ4v) is 2.12. The van der Waals surface area contributed by atoms with Gasteiger partial charge in [-0.05, 0) is 26.0 Å². The maximum absolute atomic E-state index is 11.9. The van der Waals surface area contributed by atoms with Crippen LogP contribution in [0.3, 0.4) is 0 Å². The van der Waals surface area contributed by atoms with Crippen LogP contribution in [0.1, 0.15) is 12.5 Å². The topological polar surface area (TPSA) is 83.6 Å². The van der Waals surface area contributed by atoms with E-state index in [1.54, 1.807) is 19.1 Å². The second-order valence-electron chi connectivity index (χ2n) is 4.86. The third kappa shape index (κ3) is 4.09. The minimum Gasteiger partial charge on any atom is -0.490 e. The van der Waals surface area contributed by atoms with Gasteiger partial charge in [-0.1, -0.05) is 12.1 Å². The van der Waals surface area contributed by atoms with Crippen molar-refractivity contribution in [1.29, 1.82) is 0 Å². The van der Waals surface area contributed by atoms with Crippen molar-refractivity contribution >= 4 is 5.69 Å². The minimum atomic E-state index is -0.503. The van der Waals surface area contributed by atoms with Crippen LogP contribution < -0.4 is 15.0 Å². The lowest BCUT2D eigenvalue weighted by Gasteiger charge is -2.12. The Kier molecular flexibility index (Phi) is 5.35. The Bertz CT molecular complexity index is 754. The summed E-state index contributed by atoms with van der Waals surface area (Å²) in [4.78, 5) is 22.3. The third-order valence-electron chi connectivity index (χ3n) is 3.24. The summed E-state index contributed by atoms with van der Waals surface area (Å²) in [5.74, 6) is 1.20. The second-order valence-corrected chi connectivity index (χ2v) is 4.86. The first-order valence-electron chi connectivity index (χ1n) is 7.23. The first-order valence-corrected chi connectivity index (χ1v) is 7.23. The van der Waals surface area contributed by atoms with E-state index in [0.29, 0.717) is 23.7 Å². The van der Waals surface area contributed by atoms with Gasteiger partial charge in [-0.3, -0.25) is 14.9 Å². The fraction of sp³-hybridized carbons (Fsp3) is 0.312. The average molecular weight is 318 g/mol. The number of aryl methyl sites for hydroxylation is 1. The van der Waals surface area contributed by atoms with E-state index in [4.69, 9.17) is 9.47 Å². The van der Waals surface area contributed by atoms with Gasteiger partial charge in [0, 0.05) is 11.6 Å². The lowest BCUT2D eigenvalue weighted by molar-refractivity contribution is -0.385. The smallest absolute Gasteiger partial charge is 0.288 e. The predicted molar refractivity (Wildman–Crippen MR) is 85.2 cm³/mol. The van der Waals surface area contributed by atoms with Crippen LogP contribution in [0.15, 0.2) is 41.3 Å². The molecule has 1 aromatic carbocycles. The normalized spacial score (nSPS) is 10.3. The number of para-hydroxylation sites is 2. The molecule has 1 heterocycles. The van der Waals surface area contributed by atoms with Gasteiger partial charge in [0.25, 0.3) is 11.2 Å². The van der Waals surface area contributed by atoms with Crippen molar-refractivity contribution in [3.05, 3.63) is 62.6 Å². The summed E-state index contributed by atoms with van der Waals surface area (Å²) >= 11 is 0. The lowest BCUT2D eigenvalue weighted by atomic mass is 10.2. The monoisotopic (exact) mass is 318 g/mol. The first kappa shape index (κ1) is 16.5. The van der Waals surface area contributed by atoms with Crippen molar-refractivity contribution < 1.29 is 14.4 Å². The van der Waals surface area contributed by atoms with E-state index < -0.39 is 4.92 Å². The highest BCUT2D eigenvalue weighted by atomic mass is 16.6. The quantitative estimate of drug-likeness (QED) is 0.578. The highest BCUT2D eigenvalue weighted by Gasteiger charge is 2.13. The van der Waals surface area contributed by atoms with Crippen molar-refractivity contribution in [1.82, 2.24) is 4.57 Å². The Morgan fingerprint density at radius 2 is 1.87 bits per heavy atom. The minimum absolute atomic E-state index is 0.0840. The predicted octanol–water partition coefficient (Wildman–Crippen LogP) is 2.54. The molecule has 122 valence electrons. The second kappa shape index (κ2) is 7.44. The highest BCUT2D eigenvalue weighted by molar-refractivity contribution is 5.39. The van der Waals surface area contributed by atoms with Crippen molar-refractivity contribution in [2.75, 3.05) is 13.2 Å². The maximum Gasteiger partial charge on any atom is 0.288 e. The van der Waals surface area contributed by atoms with Gasteiger partial charge in [0.05, 0.1) is 24.3 Å². The number of pyridine rings is 1. The zero-order valence-corrected chi connectivity index (χ0v) is 13.0. The van der Waals surface area contributed by atoms with Crippen molar-refractivity contribution in [3.63, 3.8) is 0 Å². The number of hydrogen-bond acceptors (Lipinski definition) is 5. The number of hydrogen-bond donors (Lipinski definition) is 0. The van der Waals surface area contributed by atoms with E-state index in [0.717, 1.165) is 0 Å². The Morgan fingerprint density at radius 3 is 2.48 bits per heavy atom. The van der Waals surface area contributed by atoms with E-state index in [9.17, 15) is 14.9 Å². The van der Waals surface area contributed by atoms with Crippen LogP contribution in [-0.4, -0.2) is 22.7 Å². The highest BCUT2D eigenvalue weighted by Crippen LogP contribution is 2.26. The van der Waals surface area contributed by atoms with Gasteiger partial charge in [-0.2, -0.15) is 0 Å². The molecule has 7 nitrogen and oxygen atoms in total. The molecule has 7 heteroatoms. The van der Waals surface area contributed by atoms with Crippen LogP contribution in [0.2, 0.25) is 0 Å². The summed E-state index contributed by atoms with van der Waals surface area (Å²) in [5.41, 5.74) is -0.0343. The van der Waals surface area contributed by atoms with Gasteiger partial charge >= 0.3 is 0 Å². The molecule has 2 rings (SSSR count). The van der Waals surface area contributed by atoms with Crippen LogP contribution in [0.25, 0.3) is 0 Å². The average Bonchev–Trinajstić information content (AvgIpc) is 2.51. The van der Waals surface area contributed by atoms with Crippen LogP contribution in [0.5, 0.6) is 11.5 Å². The molecule has 0 aliphatic heterocycles. The molecule has 0 N–H and O–H groups in total. The molecular formula is C16H18N2O5. The van der Waals surface area contributed by atoms with E-state index in [1.807, 2.05) is 19.1 Å². The molecule has 23 heavy (non-hydrogen) atoms. The van der Waals surface area contributed by atoms with Crippen molar-refractivity contribution in [2.24, 2.45) is 0 Å². The molecule has 0 aliphatic rings. The number of nitrogens with zero attached hydrogens (tertiary/aromatic N) is 2. The standard InChI is InChI=1S/C16H18N2O5/c1-3-22-14-6-4-5-7-15(14)23-9-8-17-11-13(18(20)21)12(2)10-16(17)19/h4-7,10-11H,3,8-9H2,1-2H3. The maximum atomic E-state index is 11.9. The fourth-order valence-electron chi connectivity index (χ4n) is 2.12. The molecule has 1 aromatic heterocycles. The van der Waals surface area contributed by atoms with E-state index in [1.165, 1.54) is 16.8 Å². The molecule has 0 amide bonds. The Hall–Kier alpha value is -2.83. The van der Waals surface area contributed by atoms with Gasteiger partial charge in [0.15, 0.2) is 11.5 Å². The third-order valence-corrected chi connectivity index (χ3v) is 3.24. The molecule has 0 fully saturated rings. The SMILES string of the molecule is CCOc1ccccc1OCCn1cc([N+](=O)[O-])c(C)cc1=O. The Labute approximate surface area is 133 Å². The molecule has 0 bridgehead atoms. The lowest BCUT2D eigenvalue weighted by Crippen LogP contribution is -2.23. The summed E-state index contributed by atoms with van der Waals surface area (Å²) in [6.45, 7) is 4.34.